The molecule has 16 heavy (non-hydrogen) atoms. The highest BCUT2D eigenvalue weighted by Gasteiger charge is 2.36. The third-order valence-electron chi connectivity index (χ3n) is 4.60. The largest absolute Gasteiger partial charge is 0.378 e. The standard InChI is InChI=1S/C13H26N2O/c1-2-12-10-16-9-8-15(12)7-6-13(11-14)4-3-5-13/h12H,2-11,14H2,1H3. The van der Waals surface area contributed by atoms with Crippen LogP contribution in [0.5, 0.6) is 0 Å². The van der Waals surface area contributed by atoms with Crippen molar-refractivity contribution < 1.29 is 4.74 Å². The van der Waals surface area contributed by atoms with E-state index >= 15 is 0 Å². The molecular weight excluding hydrogens is 200 g/mol. The lowest BCUT2D eigenvalue weighted by Crippen LogP contribution is -2.48. The van der Waals surface area contributed by atoms with Gasteiger partial charge in [0.2, 0.25) is 0 Å². The lowest BCUT2D eigenvalue weighted by Gasteiger charge is -2.44. The number of rotatable bonds is 5. The monoisotopic (exact) mass is 226 g/mol. The predicted molar refractivity (Wildman–Crippen MR) is 66.4 cm³/mol. The second-order valence-corrected chi connectivity index (χ2v) is 5.48. The average molecular weight is 226 g/mol. The van der Waals surface area contributed by atoms with Gasteiger partial charge in [0.05, 0.1) is 13.2 Å². The maximum absolute atomic E-state index is 5.91. The van der Waals surface area contributed by atoms with E-state index in [1.54, 1.807) is 0 Å². The Morgan fingerprint density at radius 1 is 1.44 bits per heavy atom. The second-order valence-electron chi connectivity index (χ2n) is 5.48. The molecule has 0 aromatic heterocycles. The van der Waals surface area contributed by atoms with Crippen LogP contribution in [0.25, 0.3) is 0 Å². The first-order chi connectivity index (χ1) is 7.79. The van der Waals surface area contributed by atoms with Crippen LogP contribution < -0.4 is 5.73 Å². The first-order valence-corrected chi connectivity index (χ1v) is 6.81. The first kappa shape index (κ1) is 12.3. The van der Waals surface area contributed by atoms with Gasteiger partial charge in [-0.1, -0.05) is 13.3 Å². The third kappa shape index (κ3) is 2.58. The van der Waals surface area contributed by atoms with Crippen molar-refractivity contribution in [2.75, 3.05) is 32.8 Å². The van der Waals surface area contributed by atoms with Gasteiger partial charge in [-0.25, -0.2) is 0 Å². The van der Waals surface area contributed by atoms with Crippen LogP contribution in [0.1, 0.15) is 39.0 Å². The van der Waals surface area contributed by atoms with E-state index in [0.29, 0.717) is 11.5 Å². The highest BCUT2D eigenvalue weighted by molar-refractivity contribution is 4.90. The van der Waals surface area contributed by atoms with Gasteiger partial charge in [0.15, 0.2) is 0 Å². The summed E-state index contributed by atoms with van der Waals surface area (Å²) >= 11 is 0. The normalized spacial score (nSPS) is 30.0. The molecule has 94 valence electrons. The van der Waals surface area contributed by atoms with Gasteiger partial charge in [0, 0.05) is 12.6 Å². The Morgan fingerprint density at radius 3 is 2.81 bits per heavy atom. The van der Waals surface area contributed by atoms with E-state index in [9.17, 15) is 0 Å². The van der Waals surface area contributed by atoms with Crippen LogP contribution >= 0.6 is 0 Å². The van der Waals surface area contributed by atoms with Crippen molar-refractivity contribution in [1.82, 2.24) is 4.90 Å². The second kappa shape index (κ2) is 5.48. The Labute approximate surface area is 99.3 Å². The van der Waals surface area contributed by atoms with Crippen LogP contribution in [0.4, 0.5) is 0 Å². The quantitative estimate of drug-likeness (QED) is 0.774. The zero-order valence-electron chi connectivity index (χ0n) is 10.6. The summed E-state index contributed by atoms with van der Waals surface area (Å²) in [5.41, 5.74) is 6.40. The number of hydrogen-bond donors (Lipinski definition) is 1. The third-order valence-corrected chi connectivity index (χ3v) is 4.60. The van der Waals surface area contributed by atoms with Crippen molar-refractivity contribution >= 4 is 0 Å². The summed E-state index contributed by atoms with van der Waals surface area (Å²) in [6.45, 7) is 7.30. The fourth-order valence-electron chi connectivity index (χ4n) is 2.97. The Hall–Kier alpha value is -0.120. The Morgan fingerprint density at radius 2 is 2.25 bits per heavy atom. The van der Waals surface area contributed by atoms with Crippen molar-refractivity contribution in [3.8, 4) is 0 Å². The molecule has 1 aliphatic carbocycles. The Bertz CT molecular complexity index is 210. The maximum atomic E-state index is 5.91. The zero-order valence-corrected chi connectivity index (χ0v) is 10.6. The van der Waals surface area contributed by atoms with Crippen LogP contribution in [-0.2, 0) is 4.74 Å². The summed E-state index contributed by atoms with van der Waals surface area (Å²) in [5.74, 6) is 0. The molecule has 1 saturated heterocycles. The summed E-state index contributed by atoms with van der Waals surface area (Å²) in [6, 6.07) is 0.642. The van der Waals surface area contributed by atoms with E-state index in [2.05, 4.69) is 11.8 Å². The van der Waals surface area contributed by atoms with E-state index in [1.165, 1.54) is 38.6 Å². The first-order valence-electron chi connectivity index (χ1n) is 6.81. The van der Waals surface area contributed by atoms with Crippen LogP contribution in [0.3, 0.4) is 0 Å². The number of ether oxygens (including phenoxy) is 1. The molecule has 1 unspecified atom stereocenters. The van der Waals surface area contributed by atoms with E-state index in [4.69, 9.17) is 10.5 Å². The molecule has 1 saturated carbocycles. The minimum Gasteiger partial charge on any atom is -0.378 e. The SMILES string of the molecule is CCC1COCCN1CCC1(CN)CCC1. The molecule has 0 amide bonds. The van der Waals surface area contributed by atoms with Crippen LogP contribution in [0.15, 0.2) is 0 Å². The molecule has 0 spiro atoms. The number of morpholine rings is 1. The molecule has 1 atom stereocenters. The summed E-state index contributed by atoms with van der Waals surface area (Å²) in [7, 11) is 0. The zero-order chi connectivity index (χ0) is 11.4. The Kier molecular flexibility index (Phi) is 4.22. The van der Waals surface area contributed by atoms with Crippen molar-refractivity contribution in [3.05, 3.63) is 0 Å². The fourth-order valence-corrected chi connectivity index (χ4v) is 2.97. The highest BCUT2D eigenvalue weighted by Crippen LogP contribution is 2.43. The van der Waals surface area contributed by atoms with Gasteiger partial charge in [-0.15, -0.1) is 0 Å². The number of hydrogen-bond acceptors (Lipinski definition) is 3. The van der Waals surface area contributed by atoms with Crippen molar-refractivity contribution in [2.24, 2.45) is 11.1 Å². The predicted octanol–water partition coefficient (Wildman–Crippen LogP) is 1.62. The molecule has 2 fully saturated rings. The molecule has 0 bridgehead atoms. The van der Waals surface area contributed by atoms with Gasteiger partial charge in [-0.3, -0.25) is 4.90 Å². The molecular formula is C13H26N2O. The topological polar surface area (TPSA) is 38.5 Å². The molecule has 1 heterocycles. The Balaban J connectivity index is 1.79. The summed E-state index contributed by atoms with van der Waals surface area (Å²) in [6.07, 6.45) is 6.59. The average Bonchev–Trinajstić information content (AvgIpc) is 2.29. The molecule has 2 N–H and O–H groups in total. The van der Waals surface area contributed by atoms with Gasteiger partial charge < -0.3 is 10.5 Å². The number of nitrogens with two attached hydrogens (primary N) is 1. The van der Waals surface area contributed by atoms with Gasteiger partial charge in [-0.2, -0.15) is 0 Å². The molecule has 1 aliphatic heterocycles. The van der Waals surface area contributed by atoms with E-state index in [-0.39, 0.29) is 0 Å². The van der Waals surface area contributed by atoms with Crippen LogP contribution in [-0.4, -0.2) is 43.8 Å². The molecule has 2 aliphatic rings. The highest BCUT2D eigenvalue weighted by atomic mass is 16.5. The van der Waals surface area contributed by atoms with E-state index in [0.717, 1.165) is 26.3 Å². The maximum Gasteiger partial charge on any atom is 0.0622 e. The van der Waals surface area contributed by atoms with Gasteiger partial charge in [-0.05, 0) is 44.2 Å². The minimum atomic E-state index is 0.497. The fraction of sp³-hybridized carbons (Fsp3) is 1.00. The molecule has 2 rings (SSSR count). The summed E-state index contributed by atoms with van der Waals surface area (Å²) in [4.78, 5) is 2.61. The molecule has 0 radical (unpaired) electrons. The van der Waals surface area contributed by atoms with Gasteiger partial charge in [0.1, 0.15) is 0 Å². The van der Waals surface area contributed by atoms with Gasteiger partial charge in [0.25, 0.3) is 0 Å². The molecule has 3 heteroatoms. The van der Waals surface area contributed by atoms with Crippen LogP contribution in [0.2, 0.25) is 0 Å². The smallest absolute Gasteiger partial charge is 0.0622 e. The summed E-state index contributed by atoms with van der Waals surface area (Å²) in [5, 5.41) is 0. The molecule has 0 aromatic rings. The van der Waals surface area contributed by atoms with Crippen molar-refractivity contribution in [1.29, 1.82) is 0 Å². The number of nitrogens with zero attached hydrogens (tertiary/aromatic N) is 1. The molecule has 0 aromatic carbocycles. The van der Waals surface area contributed by atoms with Crippen molar-refractivity contribution in [3.63, 3.8) is 0 Å². The van der Waals surface area contributed by atoms with Crippen molar-refractivity contribution in [2.45, 2.75) is 45.1 Å². The summed E-state index contributed by atoms with van der Waals surface area (Å²) < 4.78 is 5.54. The van der Waals surface area contributed by atoms with E-state index < -0.39 is 0 Å². The lowest BCUT2D eigenvalue weighted by molar-refractivity contribution is -0.0188. The molecule has 3 nitrogen and oxygen atoms in total. The van der Waals surface area contributed by atoms with Gasteiger partial charge >= 0.3 is 0 Å². The van der Waals surface area contributed by atoms with E-state index in [1.807, 2.05) is 0 Å². The lowest BCUT2D eigenvalue weighted by atomic mass is 9.66. The van der Waals surface area contributed by atoms with Crippen LogP contribution in [0, 0.1) is 5.41 Å². The minimum absolute atomic E-state index is 0.497.